The zero-order valence-corrected chi connectivity index (χ0v) is 14.1. The number of anilines is 1. The van der Waals surface area contributed by atoms with Crippen molar-refractivity contribution in [2.24, 2.45) is 11.8 Å². The van der Waals surface area contributed by atoms with Crippen molar-refractivity contribution in [3.63, 3.8) is 0 Å². The van der Waals surface area contributed by atoms with Crippen LogP contribution in [0.15, 0.2) is 36.4 Å². The highest BCUT2D eigenvalue weighted by atomic mass is 16.6. The molecule has 8 heteroatoms. The van der Waals surface area contributed by atoms with E-state index in [4.69, 9.17) is 0 Å². The van der Waals surface area contributed by atoms with Crippen LogP contribution in [0.4, 0.5) is 11.4 Å². The molecule has 1 aromatic carbocycles. The lowest BCUT2D eigenvalue weighted by Gasteiger charge is -2.14. The first-order chi connectivity index (χ1) is 12.5. The van der Waals surface area contributed by atoms with E-state index in [1.54, 1.807) is 0 Å². The summed E-state index contributed by atoms with van der Waals surface area (Å²) < 4.78 is 0. The predicted molar refractivity (Wildman–Crippen MR) is 93.0 cm³/mol. The maximum atomic E-state index is 12.3. The number of rotatable bonds is 6. The molecule has 3 rings (SSSR count). The van der Waals surface area contributed by atoms with Gasteiger partial charge in [-0.3, -0.25) is 29.4 Å². The summed E-state index contributed by atoms with van der Waals surface area (Å²) in [6, 6.07) is 5.54. The van der Waals surface area contributed by atoms with Crippen molar-refractivity contribution in [1.29, 1.82) is 0 Å². The molecule has 0 radical (unpaired) electrons. The van der Waals surface area contributed by atoms with Gasteiger partial charge in [0.2, 0.25) is 17.7 Å². The van der Waals surface area contributed by atoms with E-state index in [1.807, 2.05) is 12.2 Å². The lowest BCUT2D eigenvalue weighted by molar-refractivity contribution is -0.384. The first-order valence-corrected chi connectivity index (χ1v) is 8.52. The summed E-state index contributed by atoms with van der Waals surface area (Å²) in [5, 5.41) is 13.2. The molecule has 3 amide bonds. The zero-order valence-electron chi connectivity index (χ0n) is 14.1. The van der Waals surface area contributed by atoms with E-state index < -0.39 is 4.92 Å². The van der Waals surface area contributed by atoms with Crippen molar-refractivity contribution in [2.45, 2.75) is 25.7 Å². The molecule has 1 N–H and O–H groups in total. The first-order valence-electron chi connectivity index (χ1n) is 8.52. The summed E-state index contributed by atoms with van der Waals surface area (Å²) in [5.41, 5.74) is 0.413. The number of nitro groups is 1. The van der Waals surface area contributed by atoms with Crippen LogP contribution in [-0.2, 0) is 14.4 Å². The number of benzene rings is 1. The molecule has 1 saturated heterocycles. The molecular weight excluding hydrogens is 338 g/mol. The molecule has 0 aromatic heterocycles. The van der Waals surface area contributed by atoms with Crippen molar-refractivity contribution < 1.29 is 19.3 Å². The lowest BCUT2D eigenvalue weighted by atomic mass is 9.85. The number of hydrogen-bond acceptors (Lipinski definition) is 5. The average molecular weight is 357 g/mol. The minimum absolute atomic E-state index is 0.0509. The molecule has 0 unspecified atom stereocenters. The van der Waals surface area contributed by atoms with Gasteiger partial charge < -0.3 is 5.32 Å². The van der Waals surface area contributed by atoms with E-state index in [1.165, 1.54) is 29.2 Å². The van der Waals surface area contributed by atoms with Gasteiger partial charge in [0.15, 0.2) is 0 Å². The Morgan fingerprint density at radius 2 is 1.69 bits per heavy atom. The van der Waals surface area contributed by atoms with Gasteiger partial charge in [-0.25, -0.2) is 0 Å². The summed E-state index contributed by atoms with van der Waals surface area (Å²) in [5.74, 6) is -1.04. The molecule has 1 aliphatic heterocycles. The summed E-state index contributed by atoms with van der Waals surface area (Å²) in [6.07, 6.45) is 5.62. The van der Waals surface area contributed by atoms with Gasteiger partial charge in [0.1, 0.15) is 0 Å². The van der Waals surface area contributed by atoms with Gasteiger partial charge >= 0.3 is 0 Å². The molecule has 1 aromatic rings. The van der Waals surface area contributed by atoms with Crippen LogP contribution in [-0.4, -0.2) is 34.1 Å². The number of likely N-dealkylation sites (tertiary alicyclic amines) is 1. The van der Waals surface area contributed by atoms with E-state index >= 15 is 0 Å². The van der Waals surface area contributed by atoms with Crippen molar-refractivity contribution in [3.05, 3.63) is 46.5 Å². The normalized spacial score (nSPS) is 21.6. The largest absolute Gasteiger partial charge is 0.326 e. The van der Waals surface area contributed by atoms with Crippen LogP contribution in [0.2, 0.25) is 0 Å². The highest BCUT2D eigenvalue weighted by molar-refractivity contribution is 6.05. The Balaban J connectivity index is 1.47. The Hall–Kier alpha value is -3.03. The molecule has 8 nitrogen and oxygen atoms in total. The number of imide groups is 1. The van der Waals surface area contributed by atoms with E-state index in [2.05, 4.69) is 5.32 Å². The third-order valence-corrected chi connectivity index (χ3v) is 4.75. The molecule has 0 saturated carbocycles. The molecule has 26 heavy (non-hydrogen) atoms. The van der Waals surface area contributed by atoms with Crippen molar-refractivity contribution in [3.8, 4) is 0 Å². The maximum absolute atomic E-state index is 12.3. The third kappa shape index (κ3) is 3.63. The molecule has 0 spiro atoms. The van der Waals surface area contributed by atoms with Gasteiger partial charge in [-0.1, -0.05) is 12.2 Å². The minimum atomic E-state index is -0.511. The van der Waals surface area contributed by atoms with E-state index in [0.29, 0.717) is 24.9 Å². The molecule has 2 atom stereocenters. The fourth-order valence-corrected chi connectivity index (χ4v) is 3.38. The molecule has 1 aliphatic carbocycles. The number of nitrogens with zero attached hydrogens (tertiary/aromatic N) is 2. The fraction of sp³-hybridized carbons (Fsp3) is 0.389. The van der Waals surface area contributed by atoms with Crippen molar-refractivity contribution >= 4 is 29.1 Å². The Morgan fingerprint density at radius 1 is 1.12 bits per heavy atom. The van der Waals surface area contributed by atoms with Crippen LogP contribution in [0, 0.1) is 22.0 Å². The van der Waals surface area contributed by atoms with Crippen LogP contribution in [0.1, 0.15) is 25.7 Å². The smallest absolute Gasteiger partial charge is 0.269 e. The Morgan fingerprint density at radius 3 is 2.23 bits per heavy atom. The number of non-ortho nitro benzene ring substituents is 1. The predicted octanol–water partition coefficient (Wildman–Crippen LogP) is 2.26. The molecule has 136 valence electrons. The molecule has 2 aliphatic rings. The van der Waals surface area contributed by atoms with Crippen LogP contribution in [0.5, 0.6) is 0 Å². The van der Waals surface area contributed by atoms with Crippen LogP contribution in [0.25, 0.3) is 0 Å². The standard InChI is InChI=1S/C18H19N3O5/c22-16(19-12-7-9-13(10-8-12)21(25)26)6-3-11-20-17(23)14-4-1-2-5-15(14)18(20)24/h1-2,7-10,14-15H,3-6,11H2,(H,19,22)/t14-,15-/m0/s1. The van der Waals surface area contributed by atoms with Crippen LogP contribution in [0.3, 0.4) is 0 Å². The van der Waals surface area contributed by atoms with Crippen molar-refractivity contribution in [1.82, 2.24) is 4.90 Å². The van der Waals surface area contributed by atoms with Crippen molar-refractivity contribution in [2.75, 3.05) is 11.9 Å². The zero-order chi connectivity index (χ0) is 18.7. The monoisotopic (exact) mass is 357 g/mol. The summed E-state index contributed by atoms with van der Waals surface area (Å²) in [7, 11) is 0. The SMILES string of the molecule is O=C(CCCN1C(=O)[C@H]2CC=CC[C@@H]2C1=O)Nc1ccc([N+](=O)[O-])cc1. The molecule has 0 bridgehead atoms. The second-order valence-corrected chi connectivity index (χ2v) is 6.44. The minimum Gasteiger partial charge on any atom is -0.326 e. The fourth-order valence-electron chi connectivity index (χ4n) is 3.38. The number of fused-ring (bicyclic) bond motifs is 1. The topological polar surface area (TPSA) is 110 Å². The van der Waals surface area contributed by atoms with E-state index in [9.17, 15) is 24.5 Å². The Labute approximate surface area is 150 Å². The number of nitro benzene ring substituents is 1. The second kappa shape index (κ2) is 7.47. The average Bonchev–Trinajstić information content (AvgIpc) is 2.87. The quantitative estimate of drug-likeness (QED) is 0.363. The number of nitrogens with one attached hydrogen (secondary N) is 1. The number of allylic oxidation sites excluding steroid dienone is 2. The van der Waals surface area contributed by atoms with Crippen LogP contribution >= 0.6 is 0 Å². The molecular formula is C18H19N3O5. The highest BCUT2D eigenvalue weighted by Gasteiger charge is 2.46. The number of carbonyl (C=O) groups excluding carboxylic acids is 3. The molecule has 1 heterocycles. The molecule has 1 fully saturated rings. The highest BCUT2D eigenvalue weighted by Crippen LogP contribution is 2.35. The lowest BCUT2D eigenvalue weighted by Crippen LogP contribution is -2.32. The summed E-state index contributed by atoms with van der Waals surface area (Å²) in [6.45, 7) is 0.234. The van der Waals surface area contributed by atoms with Crippen LogP contribution < -0.4 is 5.32 Å². The van der Waals surface area contributed by atoms with Gasteiger partial charge in [0.05, 0.1) is 16.8 Å². The third-order valence-electron chi connectivity index (χ3n) is 4.75. The second-order valence-electron chi connectivity index (χ2n) is 6.44. The van der Waals surface area contributed by atoms with Gasteiger partial charge in [-0.2, -0.15) is 0 Å². The van der Waals surface area contributed by atoms with E-state index in [0.717, 1.165) is 0 Å². The summed E-state index contributed by atoms with van der Waals surface area (Å²) >= 11 is 0. The van der Waals surface area contributed by atoms with Gasteiger partial charge in [0, 0.05) is 30.8 Å². The number of carbonyl (C=O) groups is 3. The number of amides is 3. The first kappa shape index (κ1) is 17.8. The number of hydrogen-bond donors (Lipinski definition) is 1. The van der Waals surface area contributed by atoms with Gasteiger partial charge in [-0.15, -0.1) is 0 Å². The summed E-state index contributed by atoms with van der Waals surface area (Å²) in [4.78, 5) is 48.0. The Bertz CT molecular complexity index is 746. The maximum Gasteiger partial charge on any atom is 0.269 e. The van der Waals surface area contributed by atoms with Gasteiger partial charge in [-0.05, 0) is 31.4 Å². The van der Waals surface area contributed by atoms with Gasteiger partial charge in [0.25, 0.3) is 5.69 Å². The van der Waals surface area contributed by atoms with E-state index in [-0.39, 0.29) is 48.2 Å². The Kier molecular flexibility index (Phi) is 5.11.